The largest absolute Gasteiger partial charge is 0.493 e. The normalized spacial score (nSPS) is 12.7. The lowest BCUT2D eigenvalue weighted by Gasteiger charge is -2.19. The number of nitrogens with zero attached hydrogens (tertiary/aromatic N) is 5. The molecule has 0 N–H and O–H groups in total. The molecule has 0 saturated heterocycles. The standard InChI is InChI=1S/C30H26FN5O5/c1-39-26-14-22-23(15-27(26)40-2)33-17-34-29(22)41-21-11-8-19(32-16-21)13-25(37)28-24-5-3-4-12-35(24)36(30(28)38)20-9-6-18(31)7-10-20/h6-11,14-17H,3-5,12-13H2,1-2H3. The molecule has 3 aromatic heterocycles. The average Bonchev–Trinajstić information content (AvgIpc) is 3.29. The van der Waals surface area contributed by atoms with Gasteiger partial charge in [0.25, 0.3) is 5.56 Å². The molecule has 0 fully saturated rings. The lowest BCUT2D eigenvalue weighted by atomic mass is 10.0. The quantitative estimate of drug-likeness (QED) is 0.254. The van der Waals surface area contributed by atoms with Crippen molar-refractivity contribution >= 4 is 16.7 Å². The minimum atomic E-state index is -0.402. The summed E-state index contributed by atoms with van der Waals surface area (Å²) >= 11 is 0. The summed E-state index contributed by atoms with van der Waals surface area (Å²) in [5, 5.41) is 0.625. The minimum absolute atomic E-state index is 0.0522. The Morgan fingerprint density at radius 2 is 1.76 bits per heavy atom. The van der Waals surface area contributed by atoms with Gasteiger partial charge in [0.15, 0.2) is 17.3 Å². The number of ketones is 1. The van der Waals surface area contributed by atoms with Gasteiger partial charge in [0.1, 0.15) is 23.5 Å². The van der Waals surface area contributed by atoms with E-state index in [-0.39, 0.29) is 17.8 Å². The lowest BCUT2D eigenvalue weighted by molar-refractivity contribution is 0.0989. The van der Waals surface area contributed by atoms with E-state index in [2.05, 4.69) is 15.0 Å². The predicted molar refractivity (Wildman–Crippen MR) is 148 cm³/mol. The van der Waals surface area contributed by atoms with Crippen molar-refractivity contribution in [2.24, 2.45) is 0 Å². The molecule has 6 rings (SSSR count). The first-order valence-corrected chi connectivity index (χ1v) is 13.1. The van der Waals surface area contributed by atoms with E-state index in [1.54, 1.807) is 50.6 Å². The van der Waals surface area contributed by atoms with Crippen LogP contribution in [0.15, 0.2) is 65.8 Å². The number of halogens is 1. The maximum Gasteiger partial charge on any atom is 0.282 e. The van der Waals surface area contributed by atoms with Gasteiger partial charge in [0.2, 0.25) is 5.88 Å². The highest BCUT2D eigenvalue weighted by Crippen LogP contribution is 2.35. The van der Waals surface area contributed by atoms with Crippen LogP contribution in [0.1, 0.15) is 34.6 Å². The van der Waals surface area contributed by atoms with Crippen molar-refractivity contribution in [1.82, 2.24) is 24.3 Å². The number of hydrogen-bond donors (Lipinski definition) is 0. The topological polar surface area (TPSA) is 110 Å². The summed E-state index contributed by atoms with van der Waals surface area (Å²) < 4.78 is 33.6. The fraction of sp³-hybridized carbons (Fsp3) is 0.233. The van der Waals surface area contributed by atoms with Crippen LogP contribution in [0.3, 0.4) is 0 Å². The maximum atomic E-state index is 13.5. The fourth-order valence-corrected chi connectivity index (χ4v) is 5.13. The molecule has 0 radical (unpaired) electrons. The molecule has 11 heteroatoms. The van der Waals surface area contributed by atoms with Crippen LogP contribution in [0.2, 0.25) is 0 Å². The van der Waals surface area contributed by atoms with Crippen LogP contribution in [-0.2, 0) is 19.4 Å². The number of carbonyl (C=O) groups is 1. The number of pyridine rings is 1. The van der Waals surface area contributed by atoms with E-state index in [0.717, 1.165) is 12.8 Å². The van der Waals surface area contributed by atoms with E-state index >= 15 is 0 Å². The highest BCUT2D eigenvalue weighted by Gasteiger charge is 2.27. The van der Waals surface area contributed by atoms with E-state index in [1.165, 1.54) is 29.3 Å². The van der Waals surface area contributed by atoms with E-state index in [4.69, 9.17) is 14.2 Å². The summed E-state index contributed by atoms with van der Waals surface area (Å²) in [6.45, 7) is 0.607. The molecule has 0 unspecified atom stereocenters. The second kappa shape index (κ2) is 10.8. The third-order valence-corrected chi connectivity index (χ3v) is 7.09. The molecule has 0 amide bonds. The molecule has 5 aromatic rings. The van der Waals surface area contributed by atoms with Crippen molar-refractivity contribution in [3.8, 4) is 28.8 Å². The highest BCUT2D eigenvalue weighted by molar-refractivity contribution is 5.98. The maximum absolute atomic E-state index is 13.5. The van der Waals surface area contributed by atoms with E-state index in [9.17, 15) is 14.0 Å². The zero-order valence-corrected chi connectivity index (χ0v) is 22.5. The fourth-order valence-electron chi connectivity index (χ4n) is 5.13. The summed E-state index contributed by atoms with van der Waals surface area (Å²) in [5.41, 5.74) is 2.09. The number of fused-ring (bicyclic) bond motifs is 2. The zero-order chi connectivity index (χ0) is 28.5. The minimum Gasteiger partial charge on any atom is -0.493 e. The Bertz CT molecular complexity index is 1810. The Balaban J connectivity index is 1.25. The Labute approximate surface area is 234 Å². The van der Waals surface area contributed by atoms with E-state index in [1.807, 2.05) is 4.68 Å². The highest BCUT2D eigenvalue weighted by atomic mass is 19.1. The molecule has 4 heterocycles. The molecule has 0 atom stereocenters. The third kappa shape index (κ3) is 4.90. The molecular formula is C30H26FN5O5. The second-order valence-electron chi connectivity index (χ2n) is 9.59. The van der Waals surface area contributed by atoms with Crippen LogP contribution in [-0.4, -0.2) is 44.3 Å². The monoisotopic (exact) mass is 555 g/mol. The van der Waals surface area contributed by atoms with Gasteiger partial charge in [-0.3, -0.25) is 19.3 Å². The van der Waals surface area contributed by atoms with Crippen LogP contribution in [0, 0.1) is 5.82 Å². The molecule has 10 nitrogen and oxygen atoms in total. The Kier molecular flexibility index (Phi) is 6.92. The summed E-state index contributed by atoms with van der Waals surface area (Å²) in [4.78, 5) is 39.9. The summed E-state index contributed by atoms with van der Waals surface area (Å²) in [5.74, 6) is 1.06. The number of ether oxygens (including phenoxy) is 3. The summed E-state index contributed by atoms with van der Waals surface area (Å²) in [6.07, 6.45) is 5.23. The van der Waals surface area contributed by atoms with Gasteiger partial charge in [-0.05, 0) is 61.7 Å². The van der Waals surface area contributed by atoms with Crippen LogP contribution in [0.25, 0.3) is 16.6 Å². The zero-order valence-electron chi connectivity index (χ0n) is 22.5. The predicted octanol–water partition coefficient (Wildman–Crippen LogP) is 4.69. The number of hydrogen-bond acceptors (Lipinski definition) is 8. The molecule has 0 saturated carbocycles. The van der Waals surface area contributed by atoms with Gasteiger partial charge < -0.3 is 14.2 Å². The molecule has 1 aliphatic heterocycles. The van der Waals surface area contributed by atoms with Gasteiger partial charge in [0, 0.05) is 18.3 Å². The van der Waals surface area contributed by atoms with Crippen molar-refractivity contribution in [1.29, 1.82) is 0 Å². The first-order valence-electron chi connectivity index (χ1n) is 13.1. The number of carbonyl (C=O) groups excluding carboxylic acids is 1. The van der Waals surface area contributed by atoms with Crippen molar-refractivity contribution in [3.63, 3.8) is 0 Å². The van der Waals surface area contributed by atoms with Gasteiger partial charge in [0.05, 0.1) is 49.1 Å². The third-order valence-electron chi connectivity index (χ3n) is 7.09. The van der Waals surface area contributed by atoms with Crippen LogP contribution < -0.4 is 19.8 Å². The van der Waals surface area contributed by atoms with Crippen molar-refractivity contribution in [3.05, 3.63) is 94.2 Å². The SMILES string of the molecule is COc1cc2ncnc(Oc3ccc(CC(=O)c4c5n(n(-c6ccc(F)cc6)c4=O)CCCC5)nc3)c2cc1OC. The average molecular weight is 556 g/mol. The lowest BCUT2D eigenvalue weighted by Crippen LogP contribution is -2.24. The first kappa shape index (κ1) is 26.2. The molecule has 1 aliphatic rings. The van der Waals surface area contributed by atoms with Gasteiger partial charge in [-0.2, -0.15) is 0 Å². The second-order valence-corrected chi connectivity index (χ2v) is 9.59. The Morgan fingerprint density at radius 3 is 2.49 bits per heavy atom. The molecule has 0 spiro atoms. The molecule has 2 aromatic carbocycles. The van der Waals surface area contributed by atoms with E-state index in [0.29, 0.717) is 64.1 Å². The molecular weight excluding hydrogens is 529 g/mol. The number of Topliss-reactive ketones (excluding diaryl/α,β-unsaturated/α-hetero) is 1. The van der Waals surface area contributed by atoms with Crippen LogP contribution in [0.4, 0.5) is 4.39 Å². The molecule has 208 valence electrons. The van der Waals surface area contributed by atoms with Gasteiger partial charge in [-0.1, -0.05) is 0 Å². The summed E-state index contributed by atoms with van der Waals surface area (Å²) in [6, 6.07) is 12.5. The van der Waals surface area contributed by atoms with E-state index < -0.39 is 11.4 Å². The van der Waals surface area contributed by atoms with Crippen LogP contribution >= 0.6 is 0 Å². The molecule has 41 heavy (non-hydrogen) atoms. The van der Waals surface area contributed by atoms with Crippen molar-refractivity contribution < 1.29 is 23.4 Å². The van der Waals surface area contributed by atoms with Gasteiger partial charge in [-0.15, -0.1) is 0 Å². The van der Waals surface area contributed by atoms with Gasteiger partial charge >= 0.3 is 0 Å². The number of aromatic nitrogens is 5. The van der Waals surface area contributed by atoms with Crippen molar-refractivity contribution in [2.75, 3.05) is 14.2 Å². The summed E-state index contributed by atoms with van der Waals surface area (Å²) in [7, 11) is 3.09. The molecule has 0 aliphatic carbocycles. The Morgan fingerprint density at radius 1 is 0.976 bits per heavy atom. The van der Waals surface area contributed by atoms with Crippen molar-refractivity contribution in [2.45, 2.75) is 32.2 Å². The number of rotatable bonds is 8. The number of methoxy groups -OCH3 is 2. The smallest absolute Gasteiger partial charge is 0.282 e. The Hall–Kier alpha value is -5.06. The molecule has 0 bridgehead atoms. The van der Waals surface area contributed by atoms with Crippen LogP contribution in [0.5, 0.6) is 23.1 Å². The number of benzene rings is 2. The van der Waals surface area contributed by atoms with Gasteiger partial charge in [-0.25, -0.2) is 19.0 Å². The first-order chi connectivity index (χ1) is 20.0.